The second-order valence-corrected chi connectivity index (χ2v) is 5.20. The van der Waals surface area contributed by atoms with Crippen LogP contribution in [0.5, 0.6) is 0 Å². The molecule has 0 unspecified atom stereocenters. The van der Waals surface area contributed by atoms with Crippen molar-refractivity contribution in [1.82, 2.24) is 0 Å². The van der Waals surface area contributed by atoms with E-state index in [1.165, 1.54) is 36.4 Å². The number of carbonyl (C=O) groups is 2. The maximum atomic E-state index is 12.1. The van der Waals surface area contributed by atoms with Crippen LogP contribution in [0.2, 0.25) is 0 Å². The van der Waals surface area contributed by atoms with Crippen molar-refractivity contribution in [1.29, 1.82) is 0 Å². The van der Waals surface area contributed by atoms with Crippen LogP contribution in [-0.2, 0) is 11.3 Å². The minimum absolute atomic E-state index is 0.206. The fourth-order valence-electron chi connectivity index (χ4n) is 1.99. The third-order valence-electron chi connectivity index (χ3n) is 3.16. The first kappa shape index (κ1) is 18.5. The fourth-order valence-corrected chi connectivity index (χ4v) is 1.99. The summed E-state index contributed by atoms with van der Waals surface area (Å²) < 4.78 is 40.6. The van der Waals surface area contributed by atoms with E-state index >= 15 is 0 Å². The molecule has 0 aromatic heterocycles. The molecular formula is C17H15F3N2O3. The van der Waals surface area contributed by atoms with E-state index in [0.717, 1.165) is 0 Å². The zero-order valence-electron chi connectivity index (χ0n) is 13.0. The van der Waals surface area contributed by atoms with Crippen molar-refractivity contribution in [2.24, 2.45) is 5.73 Å². The number of rotatable bonds is 6. The number of hydrogen-bond donors (Lipinski definition) is 2. The van der Waals surface area contributed by atoms with Crippen LogP contribution in [0.25, 0.3) is 0 Å². The Bertz CT molecular complexity index is 758. The van der Waals surface area contributed by atoms with Gasteiger partial charge in [0.25, 0.3) is 5.91 Å². The Morgan fingerprint density at radius 2 is 1.72 bits per heavy atom. The first-order valence-corrected chi connectivity index (χ1v) is 7.19. The molecule has 0 saturated carbocycles. The minimum atomic E-state index is -4.38. The van der Waals surface area contributed by atoms with Gasteiger partial charge in [-0.1, -0.05) is 18.2 Å². The zero-order valence-corrected chi connectivity index (χ0v) is 13.0. The number of alkyl halides is 3. The smallest absolute Gasteiger partial charge is 0.367 e. The van der Waals surface area contributed by atoms with Crippen LogP contribution < -0.4 is 11.1 Å². The number of primary amides is 1. The molecule has 0 saturated heterocycles. The highest BCUT2D eigenvalue weighted by Crippen LogP contribution is 2.16. The summed E-state index contributed by atoms with van der Waals surface area (Å²) in [6.07, 6.45) is -4.38. The van der Waals surface area contributed by atoms with Crippen LogP contribution in [0.15, 0.2) is 48.5 Å². The highest BCUT2D eigenvalue weighted by molar-refractivity contribution is 6.05. The lowest BCUT2D eigenvalue weighted by Crippen LogP contribution is -2.16. The number of ether oxygens (including phenoxy) is 1. The van der Waals surface area contributed by atoms with Crippen LogP contribution in [0.3, 0.4) is 0 Å². The summed E-state index contributed by atoms with van der Waals surface area (Å²) in [4.78, 5) is 23.3. The van der Waals surface area contributed by atoms with Gasteiger partial charge in [-0.3, -0.25) is 9.59 Å². The molecule has 0 bridgehead atoms. The van der Waals surface area contributed by atoms with Crippen molar-refractivity contribution >= 4 is 17.5 Å². The highest BCUT2D eigenvalue weighted by Gasteiger charge is 2.27. The molecule has 25 heavy (non-hydrogen) atoms. The Balaban J connectivity index is 1.96. The van der Waals surface area contributed by atoms with Crippen molar-refractivity contribution < 1.29 is 27.5 Å². The largest absolute Gasteiger partial charge is 0.411 e. The van der Waals surface area contributed by atoms with Crippen LogP contribution >= 0.6 is 0 Å². The SMILES string of the molecule is NC(=O)c1cccc(NC(=O)c2ccc(COCC(F)(F)F)cc2)c1. The first-order valence-electron chi connectivity index (χ1n) is 7.19. The molecule has 0 aliphatic carbocycles. The standard InChI is InChI=1S/C17H15F3N2O3/c18-17(19,20)10-25-9-11-4-6-12(7-5-11)16(24)22-14-3-1-2-13(8-14)15(21)23/h1-8H,9-10H2,(H2,21,23)(H,22,24). The lowest BCUT2D eigenvalue weighted by Gasteiger charge is -2.09. The molecule has 0 spiro atoms. The molecule has 0 atom stereocenters. The van der Waals surface area contributed by atoms with Crippen molar-refractivity contribution in [2.75, 3.05) is 11.9 Å². The van der Waals surface area contributed by atoms with Crippen LogP contribution in [0.1, 0.15) is 26.3 Å². The Kier molecular flexibility index (Phi) is 5.76. The van der Waals surface area contributed by atoms with E-state index in [4.69, 9.17) is 5.73 Å². The van der Waals surface area contributed by atoms with Crippen molar-refractivity contribution in [2.45, 2.75) is 12.8 Å². The van der Waals surface area contributed by atoms with Gasteiger partial charge in [0.15, 0.2) is 0 Å². The maximum Gasteiger partial charge on any atom is 0.411 e. The van der Waals surface area contributed by atoms with Gasteiger partial charge in [0.05, 0.1) is 6.61 Å². The van der Waals surface area contributed by atoms with E-state index in [1.807, 2.05) is 0 Å². The second kappa shape index (κ2) is 7.80. The molecule has 2 aromatic rings. The summed E-state index contributed by atoms with van der Waals surface area (Å²) in [5.41, 5.74) is 6.66. The summed E-state index contributed by atoms with van der Waals surface area (Å²) in [6.45, 7) is -1.53. The zero-order chi connectivity index (χ0) is 18.4. The van der Waals surface area contributed by atoms with Crippen LogP contribution in [0.4, 0.5) is 18.9 Å². The summed E-state index contributed by atoms with van der Waals surface area (Å²) in [5, 5.41) is 2.61. The topological polar surface area (TPSA) is 81.4 Å². The minimum Gasteiger partial charge on any atom is -0.367 e. The van der Waals surface area contributed by atoms with Gasteiger partial charge >= 0.3 is 6.18 Å². The first-order chi connectivity index (χ1) is 11.7. The van der Waals surface area contributed by atoms with Crippen LogP contribution in [0, 0.1) is 0 Å². The van der Waals surface area contributed by atoms with Gasteiger partial charge in [0, 0.05) is 16.8 Å². The molecular weight excluding hydrogens is 337 g/mol. The van der Waals surface area contributed by atoms with Gasteiger partial charge in [0.1, 0.15) is 6.61 Å². The second-order valence-electron chi connectivity index (χ2n) is 5.20. The predicted molar refractivity (Wildman–Crippen MR) is 85.1 cm³/mol. The van der Waals surface area contributed by atoms with Gasteiger partial charge in [-0.2, -0.15) is 13.2 Å². The molecule has 3 N–H and O–H groups in total. The monoisotopic (exact) mass is 352 g/mol. The van der Waals surface area contributed by atoms with Crippen molar-refractivity contribution in [3.8, 4) is 0 Å². The normalized spacial score (nSPS) is 11.2. The van der Waals surface area contributed by atoms with E-state index in [9.17, 15) is 22.8 Å². The van der Waals surface area contributed by atoms with Crippen LogP contribution in [-0.4, -0.2) is 24.6 Å². The Morgan fingerprint density at radius 3 is 2.32 bits per heavy atom. The number of nitrogens with two attached hydrogens (primary N) is 1. The van der Waals surface area contributed by atoms with Gasteiger partial charge in [0.2, 0.25) is 5.91 Å². The molecule has 132 valence electrons. The number of benzene rings is 2. The molecule has 5 nitrogen and oxygen atoms in total. The maximum absolute atomic E-state index is 12.1. The van der Waals surface area contributed by atoms with Gasteiger partial charge in [-0.05, 0) is 35.9 Å². The highest BCUT2D eigenvalue weighted by atomic mass is 19.4. The van der Waals surface area contributed by atoms with Crippen molar-refractivity contribution in [3.05, 3.63) is 65.2 Å². The van der Waals surface area contributed by atoms with E-state index < -0.39 is 24.6 Å². The number of anilines is 1. The number of nitrogens with one attached hydrogen (secondary N) is 1. The molecule has 0 aliphatic rings. The average molecular weight is 352 g/mol. The average Bonchev–Trinajstić information content (AvgIpc) is 2.54. The number of carbonyl (C=O) groups excluding carboxylic acids is 2. The molecule has 0 aliphatic heterocycles. The molecule has 2 amide bonds. The molecule has 0 radical (unpaired) electrons. The van der Waals surface area contributed by atoms with Gasteiger partial charge in [-0.25, -0.2) is 0 Å². The quantitative estimate of drug-likeness (QED) is 0.838. The Labute approximate surface area is 141 Å². The predicted octanol–water partition coefficient (Wildman–Crippen LogP) is 3.12. The molecule has 0 heterocycles. The van der Waals surface area contributed by atoms with Gasteiger partial charge < -0.3 is 15.8 Å². The molecule has 2 rings (SSSR count). The summed E-state index contributed by atoms with van der Waals surface area (Å²) in [7, 11) is 0. The third kappa shape index (κ3) is 5.92. The summed E-state index contributed by atoms with van der Waals surface area (Å²) in [6, 6.07) is 12.1. The van der Waals surface area contributed by atoms with E-state index in [1.54, 1.807) is 12.1 Å². The lowest BCUT2D eigenvalue weighted by atomic mass is 10.1. The van der Waals surface area contributed by atoms with E-state index in [0.29, 0.717) is 16.8 Å². The molecule has 2 aromatic carbocycles. The third-order valence-corrected chi connectivity index (χ3v) is 3.16. The van der Waals surface area contributed by atoms with E-state index in [2.05, 4.69) is 10.1 Å². The molecule has 0 fully saturated rings. The fraction of sp³-hybridized carbons (Fsp3) is 0.176. The summed E-state index contributed by atoms with van der Waals surface area (Å²) in [5.74, 6) is -1.04. The Hall–Kier alpha value is -2.87. The van der Waals surface area contributed by atoms with Gasteiger partial charge in [-0.15, -0.1) is 0 Å². The molecule has 8 heteroatoms. The Morgan fingerprint density at radius 1 is 1.04 bits per heavy atom. The number of halogens is 3. The summed E-state index contributed by atoms with van der Waals surface area (Å²) >= 11 is 0. The number of hydrogen-bond acceptors (Lipinski definition) is 3. The van der Waals surface area contributed by atoms with E-state index in [-0.39, 0.29) is 12.2 Å². The number of amides is 2. The van der Waals surface area contributed by atoms with Crippen molar-refractivity contribution in [3.63, 3.8) is 0 Å². The lowest BCUT2D eigenvalue weighted by molar-refractivity contribution is -0.176.